The van der Waals surface area contributed by atoms with Gasteiger partial charge in [0.2, 0.25) is 5.91 Å². The van der Waals surface area contributed by atoms with Gasteiger partial charge in [-0.2, -0.15) is 0 Å². The van der Waals surface area contributed by atoms with Gasteiger partial charge in [-0.3, -0.25) is 9.78 Å². The summed E-state index contributed by atoms with van der Waals surface area (Å²) in [7, 11) is 0. The summed E-state index contributed by atoms with van der Waals surface area (Å²) in [5, 5.41) is 3.02. The highest BCUT2D eigenvalue weighted by molar-refractivity contribution is 5.93. The van der Waals surface area contributed by atoms with Crippen LogP contribution in [0.3, 0.4) is 0 Å². The first kappa shape index (κ1) is 20.7. The van der Waals surface area contributed by atoms with E-state index >= 15 is 0 Å². The predicted molar refractivity (Wildman–Crippen MR) is 120 cm³/mol. The zero-order chi connectivity index (χ0) is 21.5. The first-order chi connectivity index (χ1) is 15.2. The molecule has 3 aromatic rings. The standard InChI is InChI=1S/C24H26N4O3/c1-2-30-20-9-11-22(12-10-20)31-21-7-5-19(6-8-21)27-24(29)18-4-3-15-28(17-18)23-16-25-13-14-26-23/h5-14,16,18H,2-4,15,17H2,1H3,(H,27,29). The molecule has 2 aromatic carbocycles. The number of anilines is 2. The molecule has 160 valence electrons. The molecule has 0 radical (unpaired) electrons. The van der Waals surface area contributed by atoms with Crippen molar-refractivity contribution < 1.29 is 14.3 Å². The van der Waals surface area contributed by atoms with Crippen LogP contribution < -0.4 is 19.7 Å². The van der Waals surface area contributed by atoms with E-state index < -0.39 is 0 Å². The van der Waals surface area contributed by atoms with Gasteiger partial charge in [0.05, 0.1) is 18.7 Å². The van der Waals surface area contributed by atoms with Gasteiger partial charge in [-0.25, -0.2) is 4.98 Å². The van der Waals surface area contributed by atoms with E-state index in [1.807, 2.05) is 55.5 Å². The van der Waals surface area contributed by atoms with Crippen molar-refractivity contribution in [1.29, 1.82) is 0 Å². The maximum atomic E-state index is 12.8. The summed E-state index contributed by atoms with van der Waals surface area (Å²) in [6, 6.07) is 14.9. The Morgan fingerprint density at radius 3 is 2.45 bits per heavy atom. The number of piperidine rings is 1. The van der Waals surface area contributed by atoms with Crippen LogP contribution in [-0.2, 0) is 4.79 Å². The van der Waals surface area contributed by atoms with E-state index in [9.17, 15) is 4.79 Å². The van der Waals surface area contributed by atoms with Crippen LogP contribution in [0.25, 0.3) is 0 Å². The molecule has 0 saturated carbocycles. The summed E-state index contributed by atoms with van der Waals surface area (Å²) in [4.78, 5) is 23.4. The summed E-state index contributed by atoms with van der Waals surface area (Å²) in [5.74, 6) is 2.99. The Morgan fingerprint density at radius 2 is 1.77 bits per heavy atom. The Morgan fingerprint density at radius 1 is 1.06 bits per heavy atom. The molecule has 1 aliphatic rings. The van der Waals surface area contributed by atoms with Gasteiger partial charge >= 0.3 is 0 Å². The molecule has 1 unspecified atom stereocenters. The quantitative estimate of drug-likeness (QED) is 0.608. The zero-order valence-electron chi connectivity index (χ0n) is 17.5. The Bertz CT molecular complexity index is 978. The van der Waals surface area contributed by atoms with Gasteiger partial charge in [0.1, 0.15) is 23.1 Å². The topological polar surface area (TPSA) is 76.6 Å². The van der Waals surface area contributed by atoms with Gasteiger partial charge < -0.3 is 19.7 Å². The Balaban J connectivity index is 1.32. The minimum atomic E-state index is -0.0875. The molecule has 1 aromatic heterocycles. The highest BCUT2D eigenvalue weighted by Gasteiger charge is 2.26. The number of nitrogens with one attached hydrogen (secondary N) is 1. The van der Waals surface area contributed by atoms with Crippen LogP contribution in [0.2, 0.25) is 0 Å². The molecular formula is C24H26N4O3. The molecule has 7 heteroatoms. The molecule has 0 aliphatic carbocycles. The monoisotopic (exact) mass is 418 g/mol. The van der Waals surface area contributed by atoms with Crippen molar-refractivity contribution in [1.82, 2.24) is 9.97 Å². The second-order valence-corrected chi connectivity index (χ2v) is 7.37. The maximum Gasteiger partial charge on any atom is 0.229 e. The fourth-order valence-electron chi connectivity index (χ4n) is 3.61. The lowest BCUT2D eigenvalue weighted by molar-refractivity contribution is -0.120. The van der Waals surface area contributed by atoms with E-state index in [0.29, 0.717) is 18.9 Å². The zero-order valence-corrected chi connectivity index (χ0v) is 17.5. The number of hydrogen-bond donors (Lipinski definition) is 1. The van der Waals surface area contributed by atoms with Crippen LogP contribution in [0.15, 0.2) is 67.1 Å². The molecule has 2 heterocycles. The number of nitrogens with zero attached hydrogens (tertiary/aromatic N) is 3. The van der Waals surface area contributed by atoms with Crippen LogP contribution in [0.1, 0.15) is 19.8 Å². The Labute approximate surface area is 182 Å². The van der Waals surface area contributed by atoms with E-state index in [2.05, 4.69) is 20.2 Å². The largest absolute Gasteiger partial charge is 0.494 e. The number of benzene rings is 2. The van der Waals surface area contributed by atoms with E-state index in [1.165, 1.54) is 0 Å². The smallest absolute Gasteiger partial charge is 0.229 e. The molecule has 1 atom stereocenters. The summed E-state index contributed by atoms with van der Waals surface area (Å²) in [5.41, 5.74) is 0.751. The fourth-order valence-corrected chi connectivity index (χ4v) is 3.61. The van der Waals surface area contributed by atoms with Crippen molar-refractivity contribution in [2.24, 2.45) is 5.92 Å². The average molecular weight is 418 g/mol. The average Bonchev–Trinajstić information content (AvgIpc) is 2.82. The van der Waals surface area contributed by atoms with Gasteiger partial charge in [0.15, 0.2) is 0 Å². The Hall–Kier alpha value is -3.61. The predicted octanol–water partition coefficient (Wildman–Crippen LogP) is 4.52. The summed E-state index contributed by atoms with van der Waals surface area (Å²) >= 11 is 0. The molecule has 1 fully saturated rings. The molecular weight excluding hydrogens is 392 g/mol. The second-order valence-electron chi connectivity index (χ2n) is 7.37. The number of hydrogen-bond acceptors (Lipinski definition) is 6. The van der Waals surface area contributed by atoms with E-state index in [-0.39, 0.29) is 11.8 Å². The van der Waals surface area contributed by atoms with E-state index in [1.54, 1.807) is 18.6 Å². The molecule has 1 saturated heterocycles. The van der Waals surface area contributed by atoms with Crippen molar-refractivity contribution >= 4 is 17.4 Å². The first-order valence-corrected chi connectivity index (χ1v) is 10.5. The van der Waals surface area contributed by atoms with Crippen molar-refractivity contribution in [3.05, 3.63) is 67.1 Å². The minimum Gasteiger partial charge on any atom is -0.494 e. The van der Waals surface area contributed by atoms with Gasteiger partial charge in [0.25, 0.3) is 0 Å². The van der Waals surface area contributed by atoms with Crippen molar-refractivity contribution in [2.45, 2.75) is 19.8 Å². The van der Waals surface area contributed by atoms with Gasteiger partial charge in [-0.1, -0.05) is 0 Å². The summed E-state index contributed by atoms with van der Waals surface area (Å²) in [6.45, 7) is 4.11. The molecule has 7 nitrogen and oxygen atoms in total. The van der Waals surface area contributed by atoms with Crippen molar-refractivity contribution in [2.75, 3.05) is 29.9 Å². The van der Waals surface area contributed by atoms with Crippen LogP contribution >= 0.6 is 0 Å². The number of amides is 1. The summed E-state index contributed by atoms with van der Waals surface area (Å²) in [6.07, 6.45) is 6.88. The maximum absolute atomic E-state index is 12.8. The highest BCUT2D eigenvalue weighted by atomic mass is 16.5. The van der Waals surface area contributed by atoms with Crippen molar-refractivity contribution in [3.8, 4) is 17.2 Å². The molecule has 4 rings (SSSR count). The minimum absolute atomic E-state index is 0.0220. The molecule has 31 heavy (non-hydrogen) atoms. The normalized spacial score (nSPS) is 15.9. The number of rotatable bonds is 7. The molecule has 1 aliphatic heterocycles. The summed E-state index contributed by atoms with van der Waals surface area (Å²) < 4.78 is 11.3. The van der Waals surface area contributed by atoms with E-state index in [0.717, 1.165) is 42.4 Å². The van der Waals surface area contributed by atoms with E-state index in [4.69, 9.17) is 9.47 Å². The Kier molecular flexibility index (Phi) is 6.62. The number of carbonyl (C=O) groups is 1. The fraction of sp³-hybridized carbons (Fsp3) is 0.292. The third-order valence-electron chi connectivity index (χ3n) is 5.16. The molecule has 0 spiro atoms. The number of ether oxygens (including phenoxy) is 2. The van der Waals surface area contributed by atoms with Gasteiger partial charge in [-0.15, -0.1) is 0 Å². The molecule has 1 N–H and O–H groups in total. The molecule has 1 amide bonds. The lowest BCUT2D eigenvalue weighted by atomic mass is 9.97. The molecule has 0 bridgehead atoms. The van der Waals surface area contributed by atoms with Crippen LogP contribution in [-0.4, -0.2) is 35.6 Å². The third kappa shape index (κ3) is 5.51. The lowest BCUT2D eigenvalue weighted by Gasteiger charge is -2.32. The lowest BCUT2D eigenvalue weighted by Crippen LogP contribution is -2.41. The van der Waals surface area contributed by atoms with Crippen LogP contribution in [0.4, 0.5) is 11.5 Å². The highest BCUT2D eigenvalue weighted by Crippen LogP contribution is 2.26. The van der Waals surface area contributed by atoms with Crippen molar-refractivity contribution in [3.63, 3.8) is 0 Å². The van der Waals surface area contributed by atoms with Crippen LogP contribution in [0, 0.1) is 5.92 Å². The number of aromatic nitrogens is 2. The van der Waals surface area contributed by atoms with Gasteiger partial charge in [0, 0.05) is 31.2 Å². The van der Waals surface area contributed by atoms with Gasteiger partial charge in [-0.05, 0) is 68.3 Å². The SMILES string of the molecule is CCOc1ccc(Oc2ccc(NC(=O)C3CCCN(c4cnccn4)C3)cc2)cc1. The number of carbonyl (C=O) groups excluding carboxylic acids is 1. The first-order valence-electron chi connectivity index (χ1n) is 10.5. The third-order valence-corrected chi connectivity index (χ3v) is 5.16. The second kappa shape index (κ2) is 9.93. The van der Waals surface area contributed by atoms with Crippen LogP contribution in [0.5, 0.6) is 17.2 Å².